The summed E-state index contributed by atoms with van der Waals surface area (Å²) in [4.78, 5) is 28.1. The zero-order chi connectivity index (χ0) is 15.7. The first kappa shape index (κ1) is 15.0. The van der Waals surface area contributed by atoms with Crippen LogP contribution in [0, 0.1) is 11.2 Å². The molecule has 0 radical (unpaired) electrons. The zero-order valence-electron chi connectivity index (χ0n) is 12.8. The van der Waals surface area contributed by atoms with Crippen molar-refractivity contribution in [2.24, 2.45) is 5.41 Å². The van der Waals surface area contributed by atoms with Gasteiger partial charge in [0.25, 0.3) is 0 Å². The molecule has 4 nitrogen and oxygen atoms in total. The molecule has 2 fully saturated rings. The second-order valence-electron chi connectivity index (χ2n) is 6.43. The fourth-order valence-electron chi connectivity index (χ4n) is 3.63. The van der Waals surface area contributed by atoms with Crippen molar-refractivity contribution in [3.8, 4) is 0 Å². The van der Waals surface area contributed by atoms with Crippen LogP contribution in [-0.2, 0) is 16.1 Å². The second kappa shape index (κ2) is 5.71. The quantitative estimate of drug-likeness (QED) is 0.840. The van der Waals surface area contributed by atoms with Crippen LogP contribution in [0.1, 0.15) is 31.7 Å². The standard InChI is InChI=1S/C17H21FN2O2/c1-13(21)20-10-8-17(12-20)7-2-9-19(16(17)22)11-14-3-5-15(18)6-4-14/h3-6H,2,7-12H2,1H3/t17-/m0/s1. The van der Waals surface area contributed by atoms with E-state index >= 15 is 0 Å². The van der Waals surface area contributed by atoms with Gasteiger partial charge in [-0.05, 0) is 37.0 Å². The lowest BCUT2D eigenvalue weighted by Crippen LogP contribution is -2.49. The summed E-state index contributed by atoms with van der Waals surface area (Å²) in [7, 11) is 0. The van der Waals surface area contributed by atoms with Gasteiger partial charge in [0, 0.05) is 33.1 Å². The van der Waals surface area contributed by atoms with Gasteiger partial charge in [-0.1, -0.05) is 12.1 Å². The number of benzene rings is 1. The third-order valence-electron chi connectivity index (χ3n) is 4.91. The third-order valence-corrected chi connectivity index (χ3v) is 4.91. The summed E-state index contributed by atoms with van der Waals surface area (Å²) in [5, 5.41) is 0. The van der Waals surface area contributed by atoms with Gasteiger partial charge in [-0.15, -0.1) is 0 Å². The van der Waals surface area contributed by atoms with E-state index in [2.05, 4.69) is 0 Å². The van der Waals surface area contributed by atoms with Gasteiger partial charge in [-0.2, -0.15) is 0 Å². The number of halogens is 1. The van der Waals surface area contributed by atoms with E-state index in [-0.39, 0.29) is 17.6 Å². The first-order valence-corrected chi connectivity index (χ1v) is 7.79. The van der Waals surface area contributed by atoms with Crippen molar-refractivity contribution < 1.29 is 14.0 Å². The molecular formula is C17H21FN2O2. The van der Waals surface area contributed by atoms with Crippen LogP contribution in [0.2, 0.25) is 0 Å². The van der Waals surface area contributed by atoms with Gasteiger partial charge < -0.3 is 9.80 Å². The maximum absolute atomic E-state index is 13.0. The number of amides is 2. The van der Waals surface area contributed by atoms with Crippen LogP contribution >= 0.6 is 0 Å². The molecule has 5 heteroatoms. The lowest BCUT2D eigenvalue weighted by Gasteiger charge is -2.39. The molecule has 22 heavy (non-hydrogen) atoms. The van der Waals surface area contributed by atoms with E-state index < -0.39 is 5.41 Å². The predicted molar refractivity (Wildman–Crippen MR) is 80.4 cm³/mol. The molecular weight excluding hydrogens is 283 g/mol. The lowest BCUT2D eigenvalue weighted by atomic mass is 9.78. The van der Waals surface area contributed by atoms with Gasteiger partial charge in [0.2, 0.25) is 11.8 Å². The number of piperidine rings is 1. The fraction of sp³-hybridized carbons (Fsp3) is 0.529. The monoisotopic (exact) mass is 304 g/mol. The highest BCUT2D eigenvalue weighted by atomic mass is 19.1. The smallest absolute Gasteiger partial charge is 0.230 e. The van der Waals surface area contributed by atoms with Crippen molar-refractivity contribution in [1.82, 2.24) is 9.80 Å². The van der Waals surface area contributed by atoms with Gasteiger partial charge in [0.1, 0.15) is 5.82 Å². The van der Waals surface area contributed by atoms with Crippen LogP contribution in [0.4, 0.5) is 4.39 Å². The maximum Gasteiger partial charge on any atom is 0.230 e. The Bertz CT molecular complexity index is 587. The first-order chi connectivity index (χ1) is 10.5. The molecule has 2 amide bonds. The summed E-state index contributed by atoms with van der Waals surface area (Å²) in [6.07, 6.45) is 2.57. The van der Waals surface area contributed by atoms with Crippen molar-refractivity contribution in [2.75, 3.05) is 19.6 Å². The van der Waals surface area contributed by atoms with Crippen LogP contribution in [0.25, 0.3) is 0 Å². The van der Waals surface area contributed by atoms with Gasteiger partial charge in [-0.25, -0.2) is 4.39 Å². The van der Waals surface area contributed by atoms with Crippen LogP contribution in [-0.4, -0.2) is 41.2 Å². The van der Waals surface area contributed by atoms with E-state index in [9.17, 15) is 14.0 Å². The molecule has 0 N–H and O–H groups in total. The van der Waals surface area contributed by atoms with Crippen molar-refractivity contribution in [2.45, 2.75) is 32.7 Å². The highest BCUT2D eigenvalue weighted by Gasteiger charge is 2.48. The van der Waals surface area contributed by atoms with Crippen molar-refractivity contribution in [1.29, 1.82) is 0 Å². The van der Waals surface area contributed by atoms with Crippen molar-refractivity contribution >= 4 is 11.8 Å². The van der Waals surface area contributed by atoms with Crippen molar-refractivity contribution in [3.05, 3.63) is 35.6 Å². The average molecular weight is 304 g/mol. The minimum atomic E-state index is -0.399. The molecule has 2 aliphatic heterocycles. The molecule has 1 atom stereocenters. The number of hydrogen-bond donors (Lipinski definition) is 0. The molecule has 118 valence electrons. The van der Waals surface area contributed by atoms with E-state index in [0.717, 1.165) is 31.4 Å². The molecule has 2 aliphatic rings. The Morgan fingerprint density at radius 3 is 2.59 bits per heavy atom. The Kier molecular flexibility index (Phi) is 3.89. The van der Waals surface area contributed by atoms with Crippen LogP contribution in [0.5, 0.6) is 0 Å². The van der Waals surface area contributed by atoms with E-state index in [1.54, 1.807) is 24.0 Å². The fourth-order valence-corrected chi connectivity index (χ4v) is 3.63. The summed E-state index contributed by atoms with van der Waals surface area (Å²) >= 11 is 0. The molecule has 2 saturated heterocycles. The summed E-state index contributed by atoms with van der Waals surface area (Å²) in [6.45, 7) is 4.02. The topological polar surface area (TPSA) is 40.6 Å². The Hall–Kier alpha value is -1.91. The number of carbonyl (C=O) groups is 2. The highest BCUT2D eigenvalue weighted by Crippen LogP contribution is 2.40. The summed E-state index contributed by atoms with van der Waals surface area (Å²) in [5.41, 5.74) is 0.539. The third kappa shape index (κ3) is 2.72. The largest absolute Gasteiger partial charge is 0.342 e. The Balaban J connectivity index is 1.73. The summed E-state index contributed by atoms with van der Waals surface area (Å²) in [5.74, 6) is -0.0785. The molecule has 0 bridgehead atoms. The number of rotatable bonds is 2. The zero-order valence-corrected chi connectivity index (χ0v) is 12.8. The molecule has 0 aliphatic carbocycles. The summed E-state index contributed by atoms with van der Waals surface area (Å²) in [6, 6.07) is 6.29. The first-order valence-electron chi connectivity index (χ1n) is 7.79. The number of likely N-dealkylation sites (tertiary alicyclic amines) is 2. The second-order valence-corrected chi connectivity index (χ2v) is 6.43. The molecule has 0 aromatic heterocycles. The van der Waals surface area contributed by atoms with Crippen LogP contribution < -0.4 is 0 Å². The molecule has 1 aromatic rings. The van der Waals surface area contributed by atoms with Gasteiger partial charge in [0.05, 0.1) is 5.41 Å². The Morgan fingerprint density at radius 1 is 1.23 bits per heavy atom. The van der Waals surface area contributed by atoms with E-state index in [1.807, 2.05) is 4.90 Å². The van der Waals surface area contributed by atoms with E-state index in [4.69, 9.17) is 0 Å². The highest BCUT2D eigenvalue weighted by molar-refractivity contribution is 5.85. The molecule has 1 aromatic carbocycles. The SMILES string of the molecule is CC(=O)N1CC[C@@]2(CCCN(Cc3ccc(F)cc3)C2=O)C1. The molecule has 2 heterocycles. The molecule has 1 spiro atoms. The number of hydrogen-bond acceptors (Lipinski definition) is 2. The van der Waals surface area contributed by atoms with Gasteiger partial charge in [0.15, 0.2) is 0 Å². The minimum Gasteiger partial charge on any atom is -0.342 e. The Morgan fingerprint density at radius 2 is 1.95 bits per heavy atom. The minimum absolute atomic E-state index is 0.0420. The van der Waals surface area contributed by atoms with Gasteiger partial charge >= 0.3 is 0 Å². The number of carbonyl (C=O) groups excluding carboxylic acids is 2. The normalized spacial score (nSPS) is 25.1. The van der Waals surface area contributed by atoms with Crippen LogP contribution in [0.3, 0.4) is 0 Å². The maximum atomic E-state index is 13.0. The lowest BCUT2D eigenvalue weighted by molar-refractivity contribution is -0.146. The molecule has 0 unspecified atom stereocenters. The van der Waals surface area contributed by atoms with E-state index in [0.29, 0.717) is 19.6 Å². The number of nitrogens with zero attached hydrogens (tertiary/aromatic N) is 2. The average Bonchev–Trinajstić information content (AvgIpc) is 2.92. The Labute approximate surface area is 129 Å². The predicted octanol–water partition coefficient (Wildman–Crippen LogP) is 2.19. The summed E-state index contributed by atoms with van der Waals surface area (Å²) < 4.78 is 13.0. The van der Waals surface area contributed by atoms with E-state index in [1.165, 1.54) is 12.1 Å². The molecule has 0 saturated carbocycles. The molecule has 3 rings (SSSR count). The van der Waals surface area contributed by atoms with Gasteiger partial charge in [-0.3, -0.25) is 9.59 Å². The van der Waals surface area contributed by atoms with Crippen molar-refractivity contribution in [3.63, 3.8) is 0 Å². The van der Waals surface area contributed by atoms with Crippen LogP contribution in [0.15, 0.2) is 24.3 Å².